The first kappa shape index (κ1) is 21.0. The fraction of sp³-hybridized carbons (Fsp3) is 0.273. The molecule has 8 nitrogen and oxygen atoms in total. The largest absolute Gasteiger partial charge is 0.507 e. The molecule has 0 unspecified atom stereocenters. The van der Waals surface area contributed by atoms with Crippen LogP contribution >= 0.6 is 0 Å². The Morgan fingerprint density at radius 1 is 1.13 bits per heavy atom. The molecule has 0 radical (unpaired) electrons. The standard InChI is InChI=1S/C22H22N2O6/c1-4-23-19(26)13(3)30-22(29)17-10-14(9-12(2)18(17)25)11-24-20(27)15-7-5-6-8-16(15)21(24)28/h5-10,13,25H,4,11H2,1-3H3,(H,23,26)/t13-/m1/s1. The van der Waals surface area contributed by atoms with Crippen LogP contribution in [0.15, 0.2) is 36.4 Å². The summed E-state index contributed by atoms with van der Waals surface area (Å²) in [7, 11) is 0. The molecule has 0 fully saturated rings. The van der Waals surface area contributed by atoms with Crippen molar-refractivity contribution in [3.05, 3.63) is 64.2 Å². The van der Waals surface area contributed by atoms with Gasteiger partial charge in [0.25, 0.3) is 17.7 Å². The summed E-state index contributed by atoms with van der Waals surface area (Å²) in [5, 5.41) is 12.9. The number of carbonyl (C=O) groups is 4. The zero-order valence-electron chi connectivity index (χ0n) is 16.9. The molecule has 2 aromatic carbocycles. The molecule has 3 rings (SSSR count). The van der Waals surface area contributed by atoms with Crippen LogP contribution in [0, 0.1) is 6.92 Å². The summed E-state index contributed by atoms with van der Waals surface area (Å²) in [4.78, 5) is 50.6. The second-order valence-corrected chi connectivity index (χ2v) is 6.99. The minimum Gasteiger partial charge on any atom is -0.507 e. The highest BCUT2D eigenvalue weighted by Gasteiger charge is 2.35. The van der Waals surface area contributed by atoms with Gasteiger partial charge in [0.05, 0.1) is 17.7 Å². The highest BCUT2D eigenvalue weighted by atomic mass is 16.5. The van der Waals surface area contributed by atoms with E-state index in [1.807, 2.05) is 0 Å². The topological polar surface area (TPSA) is 113 Å². The molecule has 1 atom stereocenters. The number of phenolic OH excluding ortho intramolecular Hbond substituents is 1. The van der Waals surface area contributed by atoms with Crippen LogP contribution in [0.2, 0.25) is 0 Å². The summed E-state index contributed by atoms with van der Waals surface area (Å²) in [6, 6.07) is 9.48. The lowest BCUT2D eigenvalue weighted by Gasteiger charge is -2.17. The molecule has 0 saturated carbocycles. The Morgan fingerprint density at radius 3 is 2.30 bits per heavy atom. The van der Waals surface area contributed by atoms with Gasteiger partial charge < -0.3 is 15.2 Å². The van der Waals surface area contributed by atoms with Gasteiger partial charge in [-0.05, 0) is 50.1 Å². The Kier molecular flexibility index (Phi) is 5.86. The maximum Gasteiger partial charge on any atom is 0.342 e. The lowest BCUT2D eigenvalue weighted by atomic mass is 10.0. The molecule has 30 heavy (non-hydrogen) atoms. The van der Waals surface area contributed by atoms with E-state index in [-0.39, 0.29) is 17.9 Å². The number of phenols is 1. The van der Waals surface area contributed by atoms with Crippen LogP contribution in [0.25, 0.3) is 0 Å². The van der Waals surface area contributed by atoms with E-state index in [2.05, 4.69) is 5.32 Å². The van der Waals surface area contributed by atoms with Crippen LogP contribution < -0.4 is 5.32 Å². The Hall–Kier alpha value is -3.68. The Morgan fingerprint density at radius 2 is 1.73 bits per heavy atom. The maximum atomic E-state index is 12.6. The molecule has 0 bridgehead atoms. The zero-order chi connectivity index (χ0) is 22.0. The number of likely N-dealkylation sites (N-methyl/N-ethyl adjacent to an activating group) is 1. The number of benzene rings is 2. The van der Waals surface area contributed by atoms with E-state index in [0.717, 1.165) is 4.90 Å². The molecule has 1 aliphatic heterocycles. The van der Waals surface area contributed by atoms with Gasteiger partial charge in [-0.2, -0.15) is 0 Å². The molecule has 3 amide bonds. The van der Waals surface area contributed by atoms with Crippen molar-refractivity contribution in [1.29, 1.82) is 0 Å². The van der Waals surface area contributed by atoms with Crippen molar-refractivity contribution < 1.29 is 29.0 Å². The third kappa shape index (κ3) is 3.89. The minimum absolute atomic E-state index is 0.0698. The highest BCUT2D eigenvalue weighted by molar-refractivity contribution is 6.21. The van der Waals surface area contributed by atoms with E-state index >= 15 is 0 Å². The van der Waals surface area contributed by atoms with Crippen LogP contribution in [0.3, 0.4) is 0 Å². The number of esters is 1. The smallest absolute Gasteiger partial charge is 0.342 e. The molecule has 2 N–H and O–H groups in total. The van der Waals surface area contributed by atoms with E-state index in [1.54, 1.807) is 44.2 Å². The van der Waals surface area contributed by atoms with E-state index in [4.69, 9.17) is 4.74 Å². The van der Waals surface area contributed by atoms with Crippen molar-refractivity contribution in [2.24, 2.45) is 0 Å². The number of fused-ring (bicyclic) bond motifs is 1. The summed E-state index contributed by atoms with van der Waals surface area (Å²) in [6.07, 6.45) is -1.04. The summed E-state index contributed by atoms with van der Waals surface area (Å²) >= 11 is 0. The number of aromatic hydroxyl groups is 1. The molecule has 156 valence electrons. The van der Waals surface area contributed by atoms with Gasteiger partial charge in [-0.25, -0.2) is 4.79 Å². The molecule has 1 heterocycles. The van der Waals surface area contributed by atoms with Crippen molar-refractivity contribution in [3.8, 4) is 5.75 Å². The van der Waals surface area contributed by atoms with Gasteiger partial charge in [-0.1, -0.05) is 18.2 Å². The minimum atomic E-state index is -1.04. The van der Waals surface area contributed by atoms with Crippen LogP contribution in [-0.4, -0.2) is 46.3 Å². The van der Waals surface area contributed by atoms with Gasteiger partial charge in [0.1, 0.15) is 11.3 Å². The second-order valence-electron chi connectivity index (χ2n) is 6.99. The first-order chi connectivity index (χ1) is 14.2. The molecule has 8 heteroatoms. The predicted molar refractivity (Wildman–Crippen MR) is 107 cm³/mol. The number of amides is 3. The molecule has 2 aromatic rings. The van der Waals surface area contributed by atoms with Crippen molar-refractivity contribution in [2.45, 2.75) is 33.4 Å². The molecular weight excluding hydrogens is 388 g/mol. The van der Waals surface area contributed by atoms with Crippen molar-refractivity contribution >= 4 is 23.7 Å². The third-order valence-electron chi connectivity index (χ3n) is 4.80. The summed E-state index contributed by atoms with van der Waals surface area (Å²) in [5.41, 5.74) is 1.36. The number of imide groups is 1. The zero-order valence-corrected chi connectivity index (χ0v) is 16.9. The fourth-order valence-electron chi connectivity index (χ4n) is 3.26. The number of nitrogens with one attached hydrogen (secondary N) is 1. The number of ether oxygens (including phenoxy) is 1. The van der Waals surface area contributed by atoms with Crippen molar-refractivity contribution in [3.63, 3.8) is 0 Å². The first-order valence-corrected chi connectivity index (χ1v) is 9.51. The molecule has 0 saturated heterocycles. The van der Waals surface area contributed by atoms with Gasteiger partial charge in [-0.15, -0.1) is 0 Å². The van der Waals surface area contributed by atoms with E-state index in [9.17, 15) is 24.3 Å². The molecule has 1 aliphatic rings. The molecule has 0 aromatic heterocycles. The number of aryl methyl sites for hydroxylation is 1. The highest BCUT2D eigenvalue weighted by Crippen LogP contribution is 2.28. The summed E-state index contributed by atoms with van der Waals surface area (Å²) in [6.45, 7) is 5.07. The number of hydrogen-bond acceptors (Lipinski definition) is 6. The lowest BCUT2D eigenvalue weighted by Crippen LogP contribution is -2.35. The SMILES string of the molecule is CCNC(=O)[C@@H](C)OC(=O)c1cc(CN2C(=O)c3ccccc3C2=O)cc(C)c1O. The van der Waals surface area contributed by atoms with Crippen LogP contribution in [0.4, 0.5) is 0 Å². The van der Waals surface area contributed by atoms with Crippen LogP contribution in [0.1, 0.15) is 56.0 Å². The van der Waals surface area contributed by atoms with Gasteiger partial charge in [0.15, 0.2) is 6.10 Å². The monoisotopic (exact) mass is 410 g/mol. The third-order valence-corrected chi connectivity index (χ3v) is 4.80. The molecule has 0 spiro atoms. The molecule has 0 aliphatic carbocycles. The van der Waals surface area contributed by atoms with E-state index < -0.39 is 29.8 Å². The van der Waals surface area contributed by atoms with Crippen molar-refractivity contribution in [1.82, 2.24) is 10.2 Å². The van der Waals surface area contributed by atoms with E-state index in [0.29, 0.717) is 28.8 Å². The number of nitrogens with zero attached hydrogens (tertiary/aromatic N) is 1. The number of rotatable bonds is 6. The fourth-order valence-corrected chi connectivity index (χ4v) is 3.26. The molecular formula is C22H22N2O6. The average molecular weight is 410 g/mol. The van der Waals surface area contributed by atoms with Gasteiger partial charge in [0, 0.05) is 6.54 Å². The normalized spacial score (nSPS) is 13.8. The van der Waals surface area contributed by atoms with Crippen LogP contribution in [0.5, 0.6) is 5.75 Å². The summed E-state index contributed by atoms with van der Waals surface area (Å²) < 4.78 is 5.15. The Bertz CT molecular complexity index is 1010. The maximum absolute atomic E-state index is 12.6. The number of carbonyl (C=O) groups excluding carboxylic acids is 4. The Balaban J connectivity index is 1.84. The van der Waals surface area contributed by atoms with Gasteiger partial charge in [-0.3, -0.25) is 19.3 Å². The average Bonchev–Trinajstić information content (AvgIpc) is 2.95. The summed E-state index contributed by atoms with van der Waals surface area (Å²) in [5.74, 6) is -2.46. The van der Waals surface area contributed by atoms with E-state index in [1.165, 1.54) is 13.0 Å². The van der Waals surface area contributed by atoms with Crippen LogP contribution in [-0.2, 0) is 16.1 Å². The number of hydrogen-bond donors (Lipinski definition) is 2. The van der Waals surface area contributed by atoms with Gasteiger partial charge in [0.2, 0.25) is 0 Å². The Labute approximate surface area is 173 Å². The first-order valence-electron chi connectivity index (χ1n) is 9.51. The van der Waals surface area contributed by atoms with Crippen molar-refractivity contribution in [2.75, 3.05) is 6.54 Å². The predicted octanol–water partition coefficient (Wildman–Crippen LogP) is 2.18. The van der Waals surface area contributed by atoms with Gasteiger partial charge >= 0.3 is 5.97 Å². The second kappa shape index (κ2) is 8.36. The quantitative estimate of drug-likeness (QED) is 0.558. The lowest BCUT2D eigenvalue weighted by molar-refractivity contribution is -0.128.